The number of nitrogens with one attached hydrogen (secondary N) is 1. The zero-order valence-corrected chi connectivity index (χ0v) is 8.62. The monoisotopic (exact) mass is 222 g/mol. The van der Waals surface area contributed by atoms with Crippen LogP contribution in [0.3, 0.4) is 0 Å². The molecule has 0 saturated carbocycles. The molecular weight excluding hydrogens is 204 g/mol. The Bertz CT molecular complexity index is 221. The van der Waals surface area contributed by atoms with Gasteiger partial charge < -0.3 is 26.7 Å². The van der Waals surface area contributed by atoms with Gasteiger partial charge in [0.1, 0.15) is 0 Å². The van der Waals surface area contributed by atoms with Crippen LogP contribution in [-0.4, -0.2) is 39.8 Å². The topological polar surface area (TPSA) is 144 Å². The Balaban J connectivity index is 0. The predicted octanol–water partition coefficient (Wildman–Crippen LogP) is -1.80. The minimum atomic E-state index is -2.19. The first-order valence-corrected chi connectivity index (χ1v) is 4.43. The molecule has 0 aromatic heterocycles. The maximum absolute atomic E-state index is 10.8. The van der Waals surface area contributed by atoms with E-state index >= 15 is 0 Å². The van der Waals surface area contributed by atoms with Crippen molar-refractivity contribution in [3.05, 3.63) is 0 Å². The van der Waals surface area contributed by atoms with E-state index in [0.717, 1.165) is 6.42 Å². The molecule has 15 heavy (non-hydrogen) atoms. The third-order valence-corrected chi connectivity index (χ3v) is 1.78. The van der Waals surface area contributed by atoms with E-state index in [1.807, 2.05) is 12.2 Å². The van der Waals surface area contributed by atoms with Crippen LogP contribution in [0.15, 0.2) is 0 Å². The summed E-state index contributed by atoms with van der Waals surface area (Å²) >= 11 is 0. The van der Waals surface area contributed by atoms with Crippen LogP contribution in [0, 0.1) is 0 Å². The lowest BCUT2D eigenvalue weighted by Gasteiger charge is -2.24. The SMILES string of the molecule is CCCCC(O)(NC(=O)CN)C(=O)O.O. The maximum atomic E-state index is 10.8. The minimum absolute atomic E-state index is 0. The molecule has 0 fully saturated rings. The quantitative estimate of drug-likeness (QED) is 0.392. The Morgan fingerprint density at radius 3 is 2.33 bits per heavy atom. The van der Waals surface area contributed by atoms with E-state index in [-0.39, 0.29) is 18.4 Å². The summed E-state index contributed by atoms with van der Waals surface area (Å²) in [5.74, 6) is -2.15. The van der Waals surface area contributed by atoms with E-state index in [1.54, 1.807) is 0 Å². The Hall–Kier alpha value is -1.18. The van der Waals surface area contributed by atoms with E-state index < -0.39 is 17.6 Å². The molecule has 0 rings (SSSR count). The van der Waals surface area contributed by atoms with Crippen molar-refractivity contribution < 1.29 is 25.3 Å². The van der Waals surface area contributed by atoms with Crippen molar-refractivity contribution in [2.24, 2.45) is 5.73 Å². The molecule has 0 aliphatic carbocycles. The lowest BCUT2D eigenvalue weighted by Crippen LogP contribution is -2.55. The standard InChI is InChI=1S/C8H16N2O4.H2O/c1-2-3-4-8(14,7(12)13)10-6(11)5-9;/h14H,2-5,9H2,1H3,(H,10,11)(H,12,13);1H2. The Morgan fingerprint density at radius 2 is 2.00 bits per heavy atom. The summed E-state index contributed by atoms with van der Waals surface area (Å²) < 4.78 is 0. The molecule has 0 spiro atoms. The highest BCUT2D eigenvalue weighted by Crippen LogP contribution is 2.11. The Kier molecular flexibility index (Phi) is 7.76. The lowest BCUT2D eigenvalue weighted by molar-refractivity contribution is -0.166. The smallest absolute Gasteiger partial charge is 0.357 e. The van der Waals surface area contributed by atoms with Gasteiger partial charge in [-0.1, -0.05) is 13.3 Å². The number of aliphatic carboxylic acids is 1. The van der Waals surface area contributed by atoms with Gasteiger partial charge in [0.05, 0.1) is 6.54 Å². The van der Waals surface area contributed by atoms with E-state index in [4.69, 9.17) is 10.8 Å². The number of nitrogens with two attached hydrogens (primary N) is 1. The van der Waals surface area contributed by atoms with Gasteiger partial charge in [0.25, 0.3) is 0 Å². The summed E-state index contributed by atoms with van der Waals surface area (Å²) in [5, 5.41) is 20.2. The number of carbonyl (C=O) groups is 2. The van der Waals surface area contributed by atoms with E-state index in [1.165, 1.54) is 0 Å². The van der Waals surface area contributed by atoms with Crippen molar-refractivity contribution in [3.63, 3.8) is 0 Å². The molecule has 0 aliphatic rings. The fourth-order valence-corrected chi connectivity index (χ4v) is 0.937. The van der Waals surface area contributed by atoms with E-state index in [2.05, 4.69) is 0 Å². The normalized spacial score (nSPS) is 13.5. The molecule has 0 bridgehead atoms. The molecule has 7 N–H and O–H groups in total. The van der Waals surface area contributed by atoms with Crippen LogP contribution in [0.25, 0.3) is 0 Å². The molecule has 7 heteroatoms. The minimum Gasteiger partial charge on any atom is -0.478 e. The number of unbranched alkanes of at least 4 members (excludes halogenated alkanes) is 1. The Morgan fingerprint density at radius 1 is 1.47 bits per heavy atom. The van der Waals surface area contributed by atoms with Crippen molar-refractivity contribution in [3.8, 4) is 0 Å². The lowest BCUT2D eigenvalue weighted by atomic mass is 10.1. The van der Waals surface area contributed by atoms with Crippen molar-refractivity contribution in [1.29, 1.82) is 0 Å². The van der Waals surface area contributed by atoms with Crippen LogP contribution in [0.2, 0.25) is 0 Å². The van der Waals surface area contributed by atoms with E-state index in [9.17, 15) is 14.7 Å². The molecule has 0 aromatic rings. The first-order chi connectivity index (χ1) is 6.46. The molecule has 1 atom stereocenters. The van der Waals surface area contributed by atoms with Crippen LogP contribution < -0.4 is 11.1 Å². The molecule has 0 aliphatic heterocycles. The summed E-state index contributed by atoms with van der Waals surface area (Å²) in [6.07, 6.45) is 1.21. The zero-order chi connectivity index (χ0) is 11.2. The van der Waals surface area contributed by atoms with Gasteiger partial charge in [-0.3, -0.25) is 4.79 Å². The second-order valence-electron chi connectivity index (χ2n) is 3.02. The molecule has 0 radical (unpaired) electrons. The van der Waals surface area contributed by atoms with Crippen LogP contribution in [0.1, 0.15) is 26.2 Å². The molecule has 0 saturated heterocycles. The molecule has 0 heterocycles. The second-order valence-corrected chi connectivity index (χ2v) is 3.02. The number of rotatable bonds is 6. The summed E-state index contributed by atoms with van der Waals surface area (Å²) in [6.45, 7) is 1.51. The third-order valence-electron chi connectivity index (χ3n) is 1.78. The van der Waals surface area contributed by atoms with Gasteiger partial charge in [-0.05, 0) is 6.42 Å². The maximum Gasteiger partial charge on any atom is 0.357 e. The number of aliphatic hydroxyl groups is 1. The van der Waals surface area contributed by atoms with Crippen LogP contribution in [0.5, 0.6) is 0 Å². The van der Waals surface area contributed by atoms with Crippen molar-refractivity contribution >= 4 is 11.9 Å². The Labute approximate surface area is 87.6 Å². The molecule has 1 amide bonds. The third kappa shape index (κ3) is 5.31. The molecule has 90 valence electrons. The van der Waals surface area contributed by atoms with Gasteiger partial charge in [-0.2, -0.15) is 0 Å². The van der Waals surface area contributed by atoms with Gasteiger partial charge >= 0.3 is 5.97 Å². The summed E-state index contributed by atoms with van der Waals surface area (Å²) in [5.41, 5.74) is 2.80. The zero-order valence-electron chi connectivity index (χ0n) is 8.62. The number of carbonyl (C=O) groups excluding carboxylic acids is 1. The fraction of sp³-hybridized carbons (Fsp3) is 0.750. The molecular formula is C8H18N2O5. The predicted molar refractivity (Wildman–Crippen MR) is 52.9 cm³/mol. The van der Waals surface area contributed by atoms with Gasteiger partial charge in [-0.15, -0.1) is 0 Å². The van der Waals surface area contributed by atoms with Crippen LogP contribution >= 0.6 is 0 Å². The van der Waals surface area contributed by atoms with Gasteiger partial charge in [-0.25, -0.2) is 4.79 Å². The van der Waals surface area contributed by atoms with Crippen LogP contribution in [0.4, 0.5) is 0 Å². The number of carboxylic acid groups (broad SMARTS) is 1. The molecule has 1 unspecified atom stereocenters. The average Bonchev–Trinajstić information content (AvgIpc) is 2.14. The molecule has 7 nitrogen and oxygen atoms in total. The fourth-order valence-electron chi connectivity index (χ4n) is 0.937. The van der Waals surface area contributed by atoms with Crippen molar-refractivity contribution in [2.45, 2.75) is 31.9 Å². The van der Waals surface area contributed by atoms with Crippen molar-refractivity contribution in [2.75, 3.05) is 6.54 Å². The van der Waals surface area contributed by atoms with Gasteiger partial charge in [0.2, 0.25) is 11.6 Å². The number of hydrogen-bond donors (Lipinski definition) is 4. The number of amides is 1. The summed E-state index contributed by atoms with van der Waals surface area (Å²) in [6, 6.07) is 0. The first-order valence-electron chi connectivity index (χ1n) is 4.43. The average molecular weight is 222 g/mol. The largest absolute Gasteiger partial charge is 0.478 e. The summed E-state index contributed by atoms with van der Waals surface area (Å²) in [4.78, 5) is 21.5. The highest BCUT2D eigenvalue weighted by atomic mass is 16.4. The second kappa shape index (κ2) is 7.16. The highest BCUT2D eigenvalue weighted by Gasteiger charge is 2.36. The highest BCUT2D eigenvalue weighted by molar-refractivity contribution is 5.86. The van der Waals surface area contributed by atoms with Gasteiger partial charge in [0, 0.05) is 6.42 Å². The first kappa shape index (κ1) is 16.3. The van der Waals surface area contributed by atoms with Gasteiger partial charge in [0.15, 0.2) is 0 Å². The number of hydrogen-bond acceptors (Lipinski definition) is 4. The van der Waals surface area contributed by atoms with E-state index in [0.29, 0.717) is 6.42 Å². The van der Waals surface area contributed by atoms with Crippen molar-refractivity contribution in [1.82, 2.24) is 5.32 Å². The number of carboxylic acids is 1. The molecule has 0 aromatic carbocycles. The van der Waals surface area contributed by atoms with Crippen LogP contribution in [-0.2, 0) is 9.59 Å². The summed E-state index contributed by atoms with van der Waals surface area (Å²) in [7, 11) is 0.